The molecule has 0 atom stereocenters. The van der Waals surface area contributed by atoms with Crippen molar-refractivity contribution in [3.8, 4) is 22.3 Å². The number of benzene rings is 4. The number of pyridine rings is 2. The Kier molecular flexibility index (Phi) is 14.6. The second kappa shape index (κ2) is 20.1. The molecular formula is C50H44F6N8O3. The van der Waals surface area contributed by atoms with Crippen molar-refractivity contribution in [3.63, 3.8) is 0 Å². The minimum absolute atomic E-state index is 0.0700. The summed E-state index contributed by atoms with van der Waals surface area (Å²) in [6, 6.07) is 23.3. The van der Waals surface area contributed by atoms with Crippen LogP contribution in [0.5, 0.6) is 0 Å². The third kappa shape index (κ3) is 11.9. The fourth-order valence-electron chi connectivity index (χ4n) is 6.85. The summed E-state index contributed by atoms with van der Waals surface area (Å²) in [5.41, 5.74) is 14.0. The van der Waals surface area contributed by atoms with E-state index in [1.165, 1.54) is 17.7 Å². The highest BCUT2D eigenvalue weighted by Gasteiger charge is 2.32. The van der Waals surface area contributed by atoms with E-state index in [1.807, 2.05) is 71.1 Å². The molecule has 8 aromatic rings. The Balaban J connectivity index is 0.000000185. The highest BCUT2D eigenvalue weighted by molar-refractivity contribution is 6.04. The number of fused-ring (bicyclic) bond motifs is 2. The number of carbonyl (C=O) groups excluding carboxylic acids is 1. The van der Waals surface area contributed by atoms with Gasteiger partial charge in [0.1, 0.15) is 11.6 Å². The van der Waals surface area contributed by atoms with Crippen molar-refractivity contribution in [1.29, 1.82) is 0 Å². The molecule has 0 bridgehead atoms. The van der Waals surface area contributed by atoms with Crippen molar-refractivity contribution in [3.05, 3.63) is 166 Å². The second-order valence-corrected chi connectivity index (χ2v) is 15.4. The van der Waals surface area contributed by atoms with E-state index in [0.29, 0.717) is 23.8 Å². The standard InChI is InChI=1S/C25H21F3N4O.C17H18N4.C8H5F3O2/c1-4-22-29-13-17-11-21(15(3)30-23(17)32-22)20-12-19(9-8-14(20)2)31-24(33)16-6-5-7-18(10-16)25(26,27)28;1-4-16-19-9-12-7-15(11(3)20-17(12)21-16)14-8-13(18)6-5-10(14)2;9-8(10,11)6-3-1-2-5(4-6)7(12)13/h5-13H,4H2,1-3H3,(H,31,33);5-9H,4,18H2,1-3H3;1-4H,(H,12,13). The van der Waals surface area contributed by atoms with Crippen molar-refractivity contribution < 1.29 is 41.0 Å². The number of amides is 1. The van der Waals surface area contributed by atoms with Gasteiger partial charge in [0.05, 0.1) is 16.7 Å². The van der Waals surface area contributed by atoms with E-state index < -0.39 is 35.4 Å². The molecule has 0 fully saturated rings. The molecule has 0 radical (unpaired) electrons. The number of hydrogen-bond acceptors (Lipinski definition) is 9. The summed E-state index contributed by atoms with van der Waals surface area (Å²) in [5.74, 6) is -0.448. The van der Waals surface area contributed by atoms with Gasteiger partial charge in [0.25, 0.3) is 5.91 Å². The van der Waals surface area contributed by atoms with E-state index in [-0.39, 0.29) is 11.1 Å². The van der Waals surface area contributed by atoms with Gasteiger partial charge in [-0.15, -0.1) is 0 Å². The molecule has 0 aliphatic carbocycles. The van der Waals surface area contributed by atoms with Crippen LogP contribution in [0.1, 0.15) is 79.9 Å². The van der Waals surface area contributed by atoms with Crippen molar-refractivity contribution in [2.45, 2.75) is 66.7 Å². The largest absolute Gasteiger partial charge is 0.478 e. The molecule has 344 valence electrons. The molecule has 0 saturated carbocycles. The number of aromatic carboxylic acids is 1. The maximum atomic E-state index is 13.0. The zero-order valence-electron chi connectivity index (χ0n) is 37.1. The monoisotopic (exact) mass is 918 g/mol. The van der Waals surface area contributed by atoms with E-state index in [9.17, 15) is 35.9 Å². The summed E-state index contributed by atoms with van der Waals surface area (Å²) in [6.45, 7) is 11.9. The number of carbonyl (C=O) groups is 2. The first-order valence-corrected chi connectivity index (χ1v) is 20.8. The lowest BCUT2D eigenvalue weighted by Crippen LogP contribution is -2.14. The average Bonchev–Trinajstić information content (AvgIpc) is 3.29. The highest BCUT2D eigenvalue weighted by atomic mass is 19.4. The minimum atomic E-state index is -4.52. The summed E-state index contributed by atoms with van der Waals surface area (Å²) in [5, 5.41) is 12.9. The summed E-state index contributed by atoms with van der Waals surface area (Å²) in [4.78, 5) is 49.8. The Bertz CT molecular complexity index is 3140. The molecule has 11 nitrogen and oxygen atoms in total. The van der Waals surface area contributed by atoms with E-state index in [1.54, 1.807) is 18.3 Å². The van der Waals surface area contributed by atoms with Gasteiger partial charge in [0.2, 0.25) is 0 Å². The van der Waals surface area contributed by atoms with E-state index in [2.05, 4.69) is 48.2 Å². The van der Waals surface area contributed by atoms with E-state index in [0.717, 1.165) is 110 Å². The van der Waals surface area contributed by atoms with E-state index >= 15 is 0 Å². The molecule has 8 rings (SSSR count). The van der Waals surface area contributed by atoms with Gasteiger partial charge in [-0.1, -0.05) is 38.1 Å². The minimum Gasteiger partial charge on any atom is -0.478 e. The normalized spacial score (nSPS) is 11.3. The molecule has 4 N–H and O–H groups in total. The number of alkyl halides is 6. The second-order valence-electron chi connectivity index (χ2n) is 15.4. The molecule has 4 aromatic heterocycles. The number of rotatable bonds is 7. The van der Waals surface area contributed by atoms with Crippen LogP contribution in [-0.4, -0.2) is 46.9 Å². The van der Waals surface area contributed by atoms with Gasteiger partial charge in [0.15, 0.2) is 11.3 Å². The lowest BCUT2D eigenvalue weighted by atomic mass is 9.98. The van der Waals surface area contributed by atoms with Crippen LogP contribution in [0.15, 0.2) is 109 Å². The highest BCUT2D eigenvalue weighted by Crippen LogP contribution is 2.34. The van der Waals surface area contributed by atoms with Crippen LogP contribution in [0.3, 0.4) is 0 Å². The van der Waals surface area contributed by atoms with Crippen LogP contribution in [0, 0.1) is 27.7 Å². The van der Waals surface area contributed by atoms with Gasteiger partial charge in [-0.2, -0.15) is 26.3 Å². The fourth-order valence-corrected chi connectivity index (χ4v) is 6.85. The quantitative estimate of drug-likeness (QED) is 0.103. The predicted octanol–water partition coefficient (Wildman–Crippen LogP) is 12.0. The Morgan fingerprint density at radius 3 is 1.52 bits per heavy atom. The third-order valence-electron chi connectivity index (χ3n) is 10.5. The number of nitrogens with zero attached hydrogens (tertiary/aromatic N) is 6. The number of carboxylic acids is 1. The predicted molar refractivity (Wildman–Crippen MR) is 245 cm³/mol. The molecule has 4 aromatic carbocycles. The lowest BCUT2D eigenvalue weighted by molar-refractivity contribution is -0.138. The molecular weight excluding hydrogens is 875 g/mol. The van der Waals surface area contributed by atoms with Crippen LogP contribution >= 0.6 is 0 Å². The first-order chi connectivity index (χ1) is 31.6. The maximum absolute atomic E-state index is 13.0. The number of hydrogen-bond donors (Lipinski definition) is 3. The number of anilines is 2. The summed E-state index contributed by atoms with van der Waals surface area (Å²) in [6.07, 6.45) is -3.90. The Labute approximate surface area is 381 Å². The summed E-state index contributed by atoms with van der Waals surface area (Å²) in [7, 11) is 0. The topological polar surface area (TPSA) is 170 Å². The molecule has 1 amide bonds. The number of carboxylic acid groups (broad SMARTS) is 1. The maximum Gasteiger partial charge on any atom is 0.416 e. The van der Waals surface area contributed by atoms with Gasteiger partial charge in [0, 0.05) is 75.5 Å². The molecule has 17 heteroatoms. The molecule has 0 aliphatic heterocycles. The van der Waals surface area contributed by atoms with Crippen LogP contribution in [0.2, 0.25) is 0 Å². The number of aryl methyl sites for hydroxylation is 6. The van der Waals surface area contributed by atoms with Crippen LogP contribution in [-0.2, 0) is 25.2 Å². The van der Waals surface area contributed by atoms with E-state index in [4.69, 9.17) is 10.8 Å². The fraction of sp³-hybridized carbons (Fsp3) is 0.200. The smallest absolute Gasteiger partial charge is 0.416 e. The number of nitrogen functional groups attached to an aromatic ring is 1. The molecule has 0 saturated heterocycles. The molecule has 0 spiro atoms. The molecule has 0 unspecified atom stereocenters. The zero-order chi connectivity index (χ0) is 48.8. The van der Waals surface area contributed by atoms with Crippen LogP contribution in [0.4, 0.5) is 37.7 Å². The SMILES string of the molecule is CCc1ncc2cc(-c3cc(N)ccc3C)c(C)nc2n1.CCc1ncc2cc(-c3cc(NC(=O)c4cccc(C(F)(F)F)c4)ccc3C)c(C)nc2n1.O=C(O)c1cccc(C(F)(F)F)c1. The van der Waals surface area contributed by atoms with Gasteiger partial charge >= 0.3 is 18.3 Å². The molecule has 4 heterocycles. The number of aromatic nitrogens is 6. The van der Waals surface area contributed by atoms with Gasteiger partial charge in [-0.05, 0) is 123 Å². The van der Waals surface area contributed by atoms with Gasteiger partial charge in [-0.3, -0.25) is 4.79 Å². The molecule has 0 aliphatic rings. The Morgan fingerprint density at radius 2 is 1.04 bits per heavy atom. The molecule has 67 heavy (non-hydrogen) atoms. The van der Waals surface area contributed by atoms with Crippen molar-refractivity contribution in [2.75, 3.05) is 11.1 Å². The Morgan fingerprint density at radius 1 is 0.582 bits per heavy atom. The number of nitrogens with one attached hydrogen (secondary N) is 1. The number of nitrogens with two attached hydrogens (primary N) is 1. The van der Waals surface area contributed by atoms with Crippen molar-refractivity contribution in [1.82, 2.24) is 29.9 Å². The first-order valence-electron chi connectivity index (χ1n) is 20.8. The van der Waals surface area contributed by atoms with Crippen LogP contribution in [0.25, 0.3) is 44.3 Å². The average molecular weight is 919 g/mol. The van der Waals surface area contributed by atoms with Gasteiger partial charge in [-0.25, -0.2) is 34.7 Å². The van der Waals surface area contributed by atoms with Gasteiger partial charge < -0.3 is 16.2 Å². The summed E-state index contributed by atoms with van der Waals surface area (Å²) >= 11 is 0. The van der Waals surface area contributed by atoms with Crippen LogP contribution < -0.4 is 11.1 Å². The summed E-state index contributed by atoms with van der Waals surface area (Å²) < 4.78 is 75.1. The van der Waals surface area contributed by atoms with Crippen molar-refractivity contribution >= 4 is 45.3 Å². The first kappa shape index (κ1) is 48.6. The third-order valence-corrected chi connectivity index (χ3v) is 10.5. The Hall–Kier alpha value is -7.82. The lowest BCUT2D eigenvalue weighted by Gasteiger charge is -2.14. The number of halogens is 6. The van der Waals surface area contributed by atoms with Crippen molar-refractivity contribution in [2.24, 2.45) is 0 Å². The zero-order valence-corrected chi connectivity index (χ0v) is 37.1.